The quantitative estimate of drug-likeness (QED) is 0.253. The summed E-state index contributed by atoms with van der Waals surface area (Å²) in [5.74, 6) is -2.45. The number of rotatable bonds is 14. The van der Waals surface area contributed by atoms with Crippen molar-refractivity contribution in [3.63, 3.8) is 0 Å². The predicted molar refractivity (Wildman–Crippen MR) is 164 cm³/mol. The molecule has 0 fully saturated rings. The molecule has 4 heterocycles. The lowest BCUT2D eigenvalue weighted by atomic mass is 9.97. The Kier molecular flexibility index (Phi) is 9.08. The average molecular weight is 585 g/mol. The average Bonchev–Trinajstić information content (AvgIpc) is 3.59. The van der Waals surface area contributed by atoms with Crippen LogP contribution in [0.4, 0.5) is 0 Å². The van der Waals surface area contributed by atoms with Crippen LogP contribution < -0.4 is 0 Å². The molecule has 2 aliphatic heterocycles. The van der Waals surface area contributed by atoms with E-state index in [1.165, 1.54) is 6.08 Å². The summed E-state index contributed by atoms with van der Waals surface area (Å²) in [5, 5.41) is 18.9. The van der Waals surface area contributed by atoms with Crippen molar-refractivity contribution in [2.45, 2.75) is 72.6 Å². The minimum absolute atomic E-state index is 0.0607. The van der Waals surface area contributed by atoms with Gasteiger partial charge in [0, 0.05) is 71.6 Å². The van der Waals surface area contributed by atoms with Gasteiger partial charge >= 0.3 is 11.9 Å². The fraction of sp³-hybridized carbons (Fsp3) is 0.333. The van der Waals surface area contributed by atoms with Crippen LogP contribution >= 0.6 is 0 Å². The summed E-state index contributed by atoms with van der Waals surface area (Å²) in [6.07, 6.45) is 4.69. The number of aromatic amines is 2. The number of amides is 2. The Labute approximate surface area is 249 Å². The highest BCUT2D eigenvalue weighted by Gasteiger charge is 2.27. The summed E-state index contributed by atoms with van der Waals surface area (Å²) < 4.78 is 0. The SMILES string of the molecule is C=CC1=C(C)C(Cc2[nH]c(Cc3[nH]c(CC4=NC(=O)C(C)=C4C=C)c(C)c3CCC(=O)O)c(CCC(=O)O)c2C)=NC1=O. The third-order valence-corrected chi connectivity index (χ3v) is 8.35. The zero-order valence-electron chi connectivity index (χ0n) is 24.9. The maximum Gasteiger partial charge on any atom is 0.303 e. The third kappa shape index (κ3) is 6.33. The van der Waals surface area contributed by atoms with E-state index in [2.05, 4.69) is 33.1 Å². The fourth-order valence-corrected chi connectivity index (χ4v) is 5.83. The van der Waals surface area contributed by atoms with Crippen molar-refractivity contribution < 1.29 is 29.4 Å². The van der Waals surface area contributed by atoms with Gasteiger partial charge in [-0.1, -0.05) is 25.3 Å². The van der Waals surface area contributed by atoms with E-state index in [0.29, 0.717) is 60.2 Å². The van der Waals surface area contributed by atoms with Gasteiger partial charge in [0.2, 0.25) is 0 Å². The number of carbonyl (C=O) groups excluding carboxylic acids is 2. The van der Waals surface area contributed by atoms with Crippen molar-refractivity contribution in [1.82, 2.24) is 9.97 Å². The van der Waals surface area contributed by atoms with Crippen LogP contribution in [-0.2, 0) is 51.3 Å². The number of aromatic nitrogens is 2. The molecule has 0 spiro atoms. The highest BCUT2D eigenvalue weighted by atomic mass is 16.4. The van der Waals surface area contributed by atoms with E-state index in [9.17, 15) is 29.4 Å². The molecule has 224 valence electrons. The Morgan fingerprint density at radius 1 is 0.674 bits per heavy atom. The molecule has 0 unspecified atom stereocenters. The second-order valence-electron chi connectivity index (χ2n) is 10.9. The number of carbonyl (C=O) groups is 4. The van der Waals surface area contributed by atoms with Crippen LogP contribution in [0.15, 0.2) is 57.6 Å². The van der Waals surface area contributed by atoms with Crippen molar-refractivity contribution >= 4 is 35.2 Å². The molecule has 4 N–H and O–H groups in total. The summed E-state index contributed by atoms with van der Waals surface area (Å²) in [5.41, 5.74) is 10.5. The van der Waals surface area contributed by atoms with Crippen LogP contribution in [0, 0.1) is 13.8 Å². The van der Waals surface area contributed by atoms with Crippen LogP contribution in [0.1, 0.15) is 71.7 Å². The molecule has 0 radical (unpaired) electrons. The lowest BCUT2D eigenvalue weighted by Gasteiger charge is -2.07. The second kappa shape index (κ2) is 12.6. The fourth-order valence-electron chi connectivity index (χ4n) is 5.83. The maximum absolute atomic E-state index is 12.3. The van der Waals surface area contributed by atoms with E-state index in [1.807, 2.05) is 20.8 Å². The first-order chi connectivity index (χ1) is 20.4. The van der Waals surface area contributed by atoms with Crippen LogP contribution in [0.5, 0.6) is 0 Å². The number of aliphatic imine (C=N–C) groups is 2. The lowest BCUT2D eigenvalue weighted by Crippen LogP contribution is -2.05. The third-order valence-electron chi connectivity index (χ3n) is 8.35. The molecule has 2 aliphatic rings. The molecular weight excluding hydrogens is 548 g/mol. The number of allylic oxidation sites excluding steroid dienone is 3. The topological polar surface area (TPSA) is 165 Å². The number of nitrogens with one attached hydrogen (secondary N) is 2. The van der Waals surface area contributed by atoms with Gasteiger partial charge in [0.25, 0.3) is 11.8 Å². The monoisotopic (exact) mass is 584 g/mol. The highest BCUT2D eigenvalue weighted by molar-refractivity contribution is 6.21. The Balaban J connectivity index is 1.74. The smallest absolute Gasteiger partial charge is 0.303 e. The van der Waals surface area contributed by atoms with Gasteiger partial charge in [-0.15, -0.1) is 0 Å². The van der Waals surface area contributed by atoms with Crippen molar-refractivity contribution in [2.75, 3.05) is 0 Å². The van der Waals surface area contributed by atoms with Gasteiger partial charge in [0.1, 0.15) is 0 Å². The van der Waals surface area contributed by atoms with E-state index in [1.54, 1.807) is 13.0 Å². The molecule has 2 aromatic rings. The first kappa shape index (κ1) is 31.1. The minimum atomic E-state index is -0.916. The Bertz CT molecular complexity index is 1710. The van der Waals surface area contributed by atoms with E-state index in [4.69, 9.17) is 0 Å². The minimum Gasteiger partial charge on any atom is -0.481 e. The predicted octanol–water partition coefficient (Wildman–Crippen LogP) is 4.64. The molecule has 2 amide bonds. The summed E-state index contributed by atoms with van der Waals surface area (Å²) >= 11 is 0. The largest absolute Gasteiger partial charge is 0.481 e. The maximum atomic E-state index is 12.3. The zero-order chi connectivity index (χ0) is 31.6. The van der Waals surface area contributed by atoms with Gasteiger partial charge < -0.3 is 20.2 Å². The zero-order valence-corrected chi connectivity index (χ0v) is 24.9. The number of carboxylic acid groups (broad SMARTS) is 2. The van der Waals surface area contributed by atoms with Crippen molar-refractivity contribution in [3.8, 4) is 0 Å². The van der Waals surface area contributed by atoms with Gasteiger partial charge in [-0.3, -0.25) is 19.2 Å². The molecule has 10 nitrogen and oxygen atoms in total. The second-order valence-corrected chi connectivity index (χ2v) is 10.9. The molecule has 0 bridgehead atoms. The van der Waals surface area contributed by atoms with Gasteiger partial charge in [0.15, 0.2) is 0 Å². The number of hydrogen-bond donors (Lipinski definition) is 4. The summed E-state index contributed by atoms with van der Waals surface area (Å²) in [7, 11) is 0. The van der Waals surface area contributed by atoms with Crippen LogP contribution in [0.3, 0.4) is 0 Å². The van der Waals surface area contributed by atoms with Crippen LogP contribution in [0.25, 0.3) is 0 Å². The van der Waals surface area contributed by atoms with E-state index in [-0.39, 0.29) is 24.7 Å². The van der Waals surface area contributed by atoms with Gasteiger partial charge in [-0.05, 0) is 68.4 Å². The Hall–Kier alpha value is -4.86. The molecule has 0 aromatic carbocycles. The molecule has 0 atom stereocenters. The molecule has 4 rings (SSSR count). The van der Waals surface area contributed by atoms with Gasteiger partial charge in [-0.25, -0.2) is 9.98 Å². The normalized spacial score (nSPS) is 15.0. The molecular formula is C33H36N4O6. The van der Waals surface area contributed by atoms with Crippen molar-refractivity contribution in [3.05, 3.63) is 92.6 Å². The van der Waals surface area contributed by atoms with E-state index >= 15 is 0 Å². The Morgan fingerprint density at radius 3 is 1.58 bits per heavy atom. The number of hydrogen-bond acceptors (Lipinski definition) is 4. The van der Waals surface area contributed by atoms with Gasteiger partial charge in [-0.2, -0.15) is 0 Å². The van der Waals surface area contributed by atoms with Crippen LogP contribution in [0.2, 0.25) is 0 Å². The molecule has 43 heavy (non-hydrogen) atoms. The highest BCUT2D eigenvalue weighted by Crippen LogP contribution is 2.30. The van der Waals surface area contributed by atoms with E-state index < -0.39 is 11.9 Å². The standard InChI is InChI=1S/C33H36N4O6/c1-7-20-19(6)32(42)37-27(20)14-25-18(5)23(10-12-31(40)41)29(35-25)15-28-22(9-11-30(38)39)17(4)24(34-28)13-26-16(3)21(8-2)33(43)36-26/h7-8,34-35H,1-2,9-15H2,3-6H3,(H,38,39)(H,40,41). The Morgan fingerprint density at radius 2 is 1.14 bits per heavy atom. The molecule has 0 saturated heterocycles. The number of carboxylic acids is 2. The first-order valence-corrected chi connectivity index (χ1v) is 14.1. The van der Waals surface area contributed by atoms with E-state index in [0.717, 1.165) is 50.6 Å². The van der Waals surface area contributed by atoms with Crippen molar-refractivity contribution in [2.24, 2.45) is 9.98 Å². The summed E-state index contributed by atoms with van der Waals surface area (Å²) in [4.78, 5) is 62.9. The lowest BCUT2D eigenvalue weighted by molar-refractivity contribution is -0.138. The molecule has 0 saturated carbocycles. The number of aliphatic carboxylic acids is 2. The first-order valence-electron chi connectivity index (χ1n) is 14.1. The van der Waals surface area contributed by atoms with Crippen molar-refractivity contribution in [1.29, 1.82) is 0 Å². The van der Waals surface area contributed by atoms with Crippen LogP contribution in [-0.4, -0.2) is 55.4 Å². The molecule has 0 aliphatic carbocycles. The number of H-pyrrole nitrogens is 2. The molecule has 10 heteroatoms. The molecule has 2 aromatic heterocycles. The summed E-state index contributed by atoms with van der Waals surface area (Å²) in [6, 6.07) is 0. The number of nitrogens with zero attached hydrogens (tertiary/aromatic N) is 2. The summed E-state index contributed by atoms with van der Waals surface area (Å²) in [6.45, 7) is 14.9. The van der Waals surface area contributed by atoms with Gasteiger partial charge in [0.05, 0.1) is 11.4 Å².